The quantitative estimate of drug-likeness (QED) is 0.632. The number of benzene rings is 1. The van der Waals surface area contributed by atoms with Gasteiger partial charge in [-0.3, -0.25) is 14.9 Å². The van der Waals surface area contributed by atoms with E-state index >= 15 is 0 Å². The number of nitro groups is 1. The number of carbonyl (C=O) groups is 1. The molecule has 1 aliphatic carbocycles. The predicted octanol–water partition coefficient (Wildman–Crippen LogP) is 2.61. The van der Waals surface area contributed by atoms with Gasteiger partial charge in [0, 0.05) is 17.8 Å². The van der Waals surface area contributed by atoms with Gasteiger partial charge in [-0.2, -0.15) is 23.3 Å². The summed E-state index contributed by atoms with van der Waals surface area (Å²) in [5.74, 6) is -2.38. The smallest absolute Gasteiger partial charge is 0.439 e. The number of hydrogen-bond acceptors (Lipinski definition) is 6. The minimum absolute atomic E-state index is 0.0637. The van der Waals surface area contributed by atoms with E-state index in [2.05, 4.69) is 5.10 Å². The summed E-state index contributed by atoms with van der Waals surface area (Å²) in [7, 11) is 0. The van der Waals surface area contributed by atoms with Gasteiger partial charge >= 0.3 is 6.18 Å². The highest BCUT2D eigenvalue weighted by Gasteiger charge is 2.68. The fraction of sp³-hybridized carbons (Fsp3) is 0.500. The molecule has 2 atom stereocenters. The zero-order valence-electron chi connectivity index (χ0n) is 14.0. The molecular formula is C16H16F3N3O5. The molecular weight excluding hydrogens is 371 g/mol. The van der Waals surface area contributed by atoms with Crippen molar-refractivity contribution in [2.24, 2.45) is 11.0 Å². The lowest BCUT2D eigenvalue weighted by Gasteiger charge is -2.38. The van der Waals surface area contributed by atoms with E-state index in [1.54, 1.807) is 0 Å². The second-order valence-corrected chi connectivity index (χ2v) is 6.36. The van der Waals surface area contributed by atoms with E-state index < -0.39 is 35.3 Å². The molecule has 1 heterocycles. The predicted molar refractivity (Wildman–Crippen MR) is 85.8 cm³/mol. The van der Waals surface area contributed by atoms with Crippen LogP contribution in [0.5, 0.6) is 5.75 Å². The summed E-state index contributed by atoms with van der Waals surface area (Å²) in [6.45, 7) is -0.806. The Labute approximate surface area is 151 Å². The van der Waals surface area contributed by atoms with Gasteiger partial charge in [0.25, 0.3) is 17.3 Å². The van der Waals surface area contributed by atoms with Gasteiger partial charge in [-0.05, 0) is 31.4 Å². The van der Waals surface area contributed by atoms with Crippen LogP contribution in [-0.2, 0) is 4.79 Å². The van der Waals surface area contributed by atoms with Crippen molar-refractivity contribution in [3.63, 3.8) is 0 Å². The first-order valence-electron chi connectivity index (χ1n) is 8.21. The van der Waals surface area contributed by atoms with E-state index in [1.807, 2.05) is 0 Å². The Balaban J connectivity index is 1.76. The molecule has 0 saturated heterocycles. The number of fused-ring (bicyclic) bond motifs is 1. The lowest BCUT2D eigenvalue weighted by atomic mass is 9.80. The number of hydrogen-bond donors (Lipinski definition) is 1. The Morgan fingerprint density at radius 3 is 2.63 bits per heavy atom. The number of hydrazone groups is 1. The molecule has 2 aliphatic rings. The van der Waals surface area contributed by atoms with Crippen molar-refractivity contribution < 1.29 is 32.7 Å². The average Bonchev–Trinajstić information content (AvgIpc) is 2.94. The summed E-state index contributed by atoms with van der Waals surface area (Å²) >= 11 is 0. The van der Waals surface area contributed by atoms with E-state index in [9.17, 15) is 33.2 Å². The van der Waals surface area contributed by atoms with Gasteiger partial charge in [0.05, 0.1) is 10.8 Å². The second kappa shape index (κ2) is 6.80. The topological polar surface area (TPSA) is 105 Å². The summed E-state index contributed by atoms with van der Waals surface area (Å²) in [6, 6.07) is 4.71. The van der Waals surface area contributed by atoms with Crippen molar-refractivity contribution in [1.82, 2.24) is 5.01 Å². The normalized spacial score (nSPS) is 25.0. The lowest BCUT2D eigenvalue weighted by molar-refractivity contribution is -0.384. The maximum absolute atomic E-state index is 13.6. The number of nitro benzene ring substituents is 1. The Morgan fingerprint density at radius 1 is 1.37 bits per heavy atom. The highest BCUT2D eigenvalue weighted by atomic mass is 19.4. The minimum atomic E-state index is -5.08. The van der Waals surface area contributed by atoms with E-state index in [0.717, 1.165) is 12.1 Å². The summed E-state index contributed by atoms with van der Waals surface area (Å²) in [5, 5.41) is 24.8. The van der Waals surface area contributed by atoms with Gasteiger partial charge in [-0.1, -0.05) is 6.42 Å². The third kappa shape index (κ3) is 3.34. The van der Waals surface area contributed by atoms with Gasteiger partial charge in [0.2, 0.25) is 0 Å². The number of carbonyl (C=O) groups excluding carboxylic acids is 1. The van der Waals surface area contributed by atoms with Crippen LogP contribution in [0.15, 0.2) is 29.4 Å². The molecule has 0 bridgehead atoms. The van der Waals surface area contributed by atoms with Crippen LogP contribution < -0.4 is 4.74 Å². The van der Waals surface area contributed by atoms with Crippen molar-refractivity contribution in [2.45, 2.75) is 37.6 Å². The Bertz CT molecular complexity index is 781. The molecule has 3 rings (SSSR count). The molecule has 0 radical (unpaired) electrons. The zero-order valence-corrected chi connectivity index (χ0v) is 14.0. The molecule has 1 amide bonds. The molecule has 1 fully saturated rings. The second-order valence-electron chi connectivity index (χ2n) is 6.36. The standard InChI is InChI=1S/C16H16F3N3O5/c17-16(18,19)15(24)12-3-1-2-4-13(12)20-21(15)14(23)9-27-11-7-5-10(6-8-11)22(25)26/h5-8,12,24H,1-4,9H2/t12-,15+/m1/s1. The van der Waals surface area contributed by atoms with Crippen molar-refractivity contribution in [3.05, 3.63) is 34.4 Å². The number of rotatable bonds is 4. The number of ether oxygens (including phenoxy) is 1. The molecule has 1 aliphatic heterocycles. The van der Waals surface area contributed by atoms with Crippen molar-refractivity contribution in [3.8, 4) is 5.75 Å². The van der Waals surface area contributed by atoms with Crippen LogP contribution in [0, 0.1) is 16.0 Å². The summed E-state index contributed by atoms with van der Waals surface area (Å²) < 4.78 is 45.9. The van der Waals surface area contributed by atoms with E-state index in [-0.39, 0.29) is 35.0 Å². The molecule has 1 aromatic rings. The monoisotopic (exact) mass is 387 g/mol. The molecule has 11 heteroatoms. The van der Waals surface area contributed by atoms with E-state index in [0.29, 0.717) is 12.8 Å². The molecule has 146 valence electrons. The SMILES string of the molecule is O=C(COc1ccc([N+](=O)[O-])cc1)N1N=C2CCCC[C@H]2[C@]1(O)C(F)(F)F. The van der Waals surface area contributed by atoms with Gasteiger partial charge in [0.1, 0.15) is 5.75 Å². The molecule has 1 N–H and O–H groups in total. The summed E-state index contributed by atoms with van der Waals surface area (Å²) in [5.41, 5.74) is -3.43. The molecule has 1 aromatic carbocycles. The van der Waals surface area contributed by atoms with Crippen LogP contribution in [-0.4, -0.2) is 45.2 Å². The fourth-order valence-electron chi connectivity index (χ4n) is 3.33. The van der Waals surface area contributed by atoms with E-state index in [4.69, 9.17) is 4.74 Å². The van der Waals surface area contributed by atoms with Crippen LogP contribution in [0.25, 0.3) is 0 Å². The third-order valence-corrected chi connectivity index (χ3v) is 4.68. The number of nitrogens with zero attached hydrogens (tertiary/aromatic N) is 3. The molecule has 1 saturated carbocycles. The fourth-order valence-corrected chi connectivity index (χ4v) is 3.33. The Hall–Kier alpha value is -2.69. The van der Waals surface area contributed by atoms with Crippen molar-refractivity contribution in [2.75, 3.05) is 6.61 Å². The molecule has 0 unspecified atom stereocenters. The minimum Gasteiger partial charge on any atom is -0.484 e. The number of aliphatic hydroxyl groups is 1. The largest absolute Gasteiger partial charge is 0.484 e. The summed E-state index contributed by atoms with van der Waals surface area (Å²) in [4.78, 5) is 22.3. The van der Waals surface area contributed by atoms with Crippen molar-refractivity contribution in [1.29, 1.82) is 0 Å². The van der Waals surface area contributed by atoms with Crippen molar-refractivity contribution >= 4 is 17.3 Å². The maximum atomic E-state index is 13.6. The molecule has 27 heavy (non-hydrogen) atoms. The van der Waals surface area contributed by atoms with Crippen LogP contribution in [0.1, 0.15) is 25.7 Å². The first-order valence-corrected chi connectivity index (χ1v) is 8.21. The number of non-ortho nitro benzene ring substituents is 1. The van der Waals surface area contributed by atoms with Gasteiger partial charge < -0.3 is 9.84 Å². The van der Waals surface area contributed by atoms with E-state index in [1.165, 1.54) is 12.1 Å². The number of alkyl halides is 3. The van der Waals surface area contributed by atoms with Crippen LogP contribution in [0.4, 0.5) is 18.9 Å². The van der Waals surface area contributed by atoms with Gasteiger partial charge in [-0.25, -0.2) is 0 Å². The highest BCUT2D eigenvalue weighted by molar-refractivity contribution is 5.93. The average molecular weight is 387 g/mol. The number of halogens is 3. The highest BCUT2D eigenvalue weighted by Crippen LogP contribution is 2.48. The molecule has 0 spiro atoms. The van der Waals surface area contributed by atoms with Crippen LogP contribution >= 0.6 is 0 Å². The maximum Gasteiger partial charge on any atom is 0.439 e. The lowest BCUT2D eigenvalue weighted by Crippen LogP contribution is -2.62. The third-order valence-electron chi connectivity index (χ3n) is 4.68. The summed E-state index contributed by atoms with van der Waals surface area (Å²) in [6.07, 6.45) is -3.56. The van der Waals surface area contributed by atoms with Crippen LogP contribution in [0.3, 0.4) is 0 Å². The Kier molecular flexibility index (Phi) is 4.81. The Morgan fingerprint density at radius 2 is 2.04 bits per heavy atom. The van der Waals surface area contributed by atoms with Crippen LogP contribution in [0.2, 0.25) is 0 Å². The van der Waals surface area contributed by atoms with Gasteiger partial charge in [-0.15, -0.1) is 0 Å². The number of amides is 1. The molecule has 8 nitrogen and oxygen atoms in total. The first kappa shape index (κ1) is 19.1. The van der Waals surface area contributed by atoms with Gasteiger partial charge in [0.15, 0.2) is 6.61 Å². The molecule has 0 aromatic heterocycles. The zero-order chi connectivity index (χ0) is 19.8. The first-order chi connectivity index (χ1) is 12.6.